The predicted octanol–water partition coefficient (Wildman–Crippen LogP) is 4.66. The first-order chi connectivity index (χ1) is 12.7. The average molecular weight is 347 g/mol. The summed E-state index contributed by atoms with van der Waals surface area (Å²) < 4.78 is 0. The van der Waals surface area contributed by atoms with Crippen molar-refractivity contribution in [3.63, 3.8) is 0 Å². The molecule has 0 bridgehead atoms. The highest BCUT2D eigenvalue weighted by Gasteiger charge is 2.09. The number of rotatable bonds is 7. The first-order valence-corrected chi connectivity index (χ1v) is 9.05. The Balaban J connectivity index is 1.82. The number of pyridine rings is 1. The Hall–Kier alpha value is -2.95. The normalized spacial score (nSPS) is 10.6. The van der Waals surface area contributed by atoms with Gasteiger partial charge in [-0.15, -0.1) is 0 Å². The fourth-order valence-electron chi connectivity index (χ4n) is 2.93. The Labute approximate surface area is 154 Å². The number of hydrogen-bond acceptors (Lipinski definition) is 5. The molecule has 2 N–H and O–H groups in total. The fourth-order valence-corrected chi connectivity index (χ4v) is 2.93. The molecule has 134 valence electrons. The van der Waals surface area contributed by atoms with E-state index < -0.39 is 0 Å². The highest BCUT2D eigenvalue weighted by atomic mass is 15.1. The number of hydrogen-bond donors (Lipinski definition) is 2. The summed E-state index contributed by atoms with van der Waals surface area (Å²) in [6, 6.07) is 12.4. The lowest BCUT2D eigenvalue weighted by Crippen LogP contribution is -2.07. The summed E-state index contributed by atoms with van der Waals surface area (Å²) in [6.45, 7) is 6.97. The Morgan fingerprint density at radius 2 is 1.73 bits per heavy atom. The zero-order valence-electron chi connectivity index (χ0n) is 15.6. The lowest BCUT2D eigenvalue weighted by atomic mass is 10.0. The first-order valence-electron chi connectivity index (χ1n) is 9.05. The van der Waals surface area contributed by atoms with Gasteiger partial charge in [-0.25, -0.2) is 4.98 Å². The maximum atomic E-state index is 4.64. The van der Waals surface area contributed by atoms with E-state index >= 15 is 0 Å². The van der Waals surface area contributed by atoms with Crippen molar-refractivity contribution in [3.05, 3.63) is 71.2 Å². The number of para-hydroxylation sites is 1. The van der Waals surface area contributed by atoms with E-state index in [1.807, 2.05) is 31.3 Å². The molecule has 0 unspecified atom stereocenters. The number of nitrogens with one attached hydrogen (secondary N) is 2. The summed E-state index contributed by atoms with van der Waals surface area (Å²) in [4.78, 5) is 13.3. The molecule has 0 fully saturated rings. The average Bonchev–Trinajstić information content (AvgIpc) is 2.67. The molecule has 3 rings (SSSR count). The van der Waals surface area contributed by atoms with Crippen LogP contribution in [0.25, 0.3) is 0 Å². The molecule has 2 aromatic heterocycles. The van der Waals surface area contributed by atoms with Crippen LogP contribution in [0, 0.1) is 6.92 Å². The van der Waals surface area contributed by atoms with Crippen LogP contribution >= 0.6 is 0 Å². The number of nitrogens with zero attached hydrogens (tertiary/aromatic N) is 3. The van der Waals surface area contributed by atoms with Crippen molar-refractivity contribution < 1.29 is 0 Å². The third-order valence-corrected chi connectivity index (χ3v) is 4.28. The van der Waals surface area contributed by atoms with Gasteiger partial charge >= 0.3 is 0 Å². The highest BCUT2D eigenvalue weighted by molar-refractivity contribution is 5.66. The molecule has 0 aliphatic rings. The predicted molar refractivity (Wildman–Crippen MR) is 107 cm³/mol. The SMILES string of the molecule is CCc1cccc(CC)c1Nc1cc(C)nc(NCc2cccnc2)n1. The Morgan fingerprint density at radius 1 is 0.962 bits per heavy atom. The van der Waals surface area contributed by atoms with Crippen LogP contribution in [0.2, 0.25) is 0 Å². The van der Waals surface area contributed by atoms with Crippen molar-refractivity contribution in [2.45, 2.75) is 40.2 Å². The van der Waals surface area contributed by atoms with E-state index in [1.54, 1.807) is 6.20 Å². The van der Waals surface area contributed by atoms with E-state index in [1.165, 1.54) is 11.1 Å². The van der Waals surface area contributed by atoms with Crippen molar-refractivity contribution in [3.8, 4) is 0 Å². The maximum absolute atomic E-state index is 4.64. The molecule has 0 aliphatic carbocycles. The molecular formula is C21H25N5. The van der Waals surface area contributed by atoms with E-state index in [0.717, 1.165) is 35.6 Å². The molecule has 26 heavy (non-hydrogen) atoms. The first kappa shape index (κ1) is 17.9. The van der Waals surface area contributed by atoms with Gasteiger partial charge in [0.2, 0.25) is 5.95 Å². The van der Waals surface area contributed by atoms with Crippen molar-refractivity contribution in [1.29, 1.82) is 0 Å². The molecule has 1 aromatic carbocycles. The summed E-state index contributed by atoms with van der Waals surface area (Å²) in [5.74, 6) is 1.42. The topological polar surface area (TPSA) is 62.7 Å². The summed E-state index contributed by atoms with van der Waals surface area (Å²) in [6.07, 6.45) is 5.57. The van der Waals surface area contributed by atoms with Gasteiger partial charge in [0.25, 0.3) is 0 Å². The number of aryl methyl sites for hydroxylation is 3. The second-order valence-corrected chi connectivity index (χ2v) is 6.22. The number of benzene rings is 1. The summed E-state index contributed by atoms with van der Waals surface area (Å²) in [7, 11) is 0. The standard InChI is InChI=1S/C21H25N5/c1-4-17-9-6-10-18(5-2)20(17)25-19-12-15(3)24-21(26-19)23-14-16-8-7-11-22-13-16/h6-13H,4-5,14H2,1-3H3,(H2,23,24,25,26). The van der Waals surface area contributed by atoms with Crippen LogP contribution in [0.5, 0.6) is 0 Å². The van der Waals surface area contributed by atoms with Crippen LogP contribution in [-0.4, -0.2) is 15.0 Å². The van der Waals surface area contributed by atoms with Crippen LogP contribution in [0.4, 0.5) is 17.5 Å². The van der Waals surface area contributed by atoms with Crippen molar-refractivity contribution in [1.82, 2.24) is 15.0 Å². The molecule has 0 spiro atoms. The van der Waals surface area contributed by atoms with E-state index in [-0.39, 0.29) is 0 Å². The molecule has 0 saturated heterocycles. The third-order valence-electron chi connectivity index (χ3n) is 4.28. The second-order valence-electron chi connectivity index (χ2n) is 6.22. The minimum absolute atomic E-state index is 0.614. The minimum Gasteiger partial charge on any atom is -0.350 e. The van der Waals surface area contributed by atoms with Crippen LogP contribution in [0.15, 0.2) is 48.8 Å². The molecule has 0 atom stereocenters. The zero-order chi connectivity index (χ0) is 18.4. The molecule has 0 amide bonds. The molecular weight excluding hydrogens is 322 g/mol. The van der Waals surface area contributed by atoms with Gasteiger partial charge in [-0.05, 0) is 42.5 Å². The highest BCUT2D eigenvalue weighted by Crippen LogP contribution is 2.26. The monoisotopic (exact) mass is 347 g/mol. The van der Waals surface area contributed by atoms with Crippen LogP contribution in [-0.2, 0) is 19.4 Å². The molecule has 5 nitrogen and oxygen atoms in total. The largest absolute Gasteiger partial charge is 0.350 e. The third kappa shape index (κ3) is 4.36. The molecule has 3 aromatic rings. The molecule has 0 aliphatic heterocycles. The van der Waals surface area contributed by atoms with Crippen LogP contribution in [0.3, 0.4) is 0 Å². The zero-order valence-corrected chi connectivity index (χ0v) is 15.6. The smallest absolute Gasteiger partial charge is 0.225 e. The van der Waals surface area contributed by atoms with Gasteiger partial charge in [0, 0.05) is 36.4 Å². The van der Waals surface area contributed by atoms with Gasteiger partial charge in [0.1, 0.15) is 5.82 Å². The lowest BCUT2D eigenvalue weighted by molar-refractivity contribution is 1.02. The van der Waals surface area contributed by atoms with Crippen molar-refractivity contribution >= 4 is 17.5 Å². The molecule has 0 saturated carbocycles. The molecule has 0 radical (unpaired) electrons. The van der Waals surface area contributed by atoms with Gasteiger partial charge in [-0.3, -0.25) is 4.98 Å². The quantitative estimate of drug-likeness (QED) is 0.651. The van der Waals surface area contributed by atoms with E-state index in [0.29, 0.717) is 12.5 Å². The summed E-state index contributed by atoms with van der Waals surface area (Å²) >= 11 is 0. The van der Waals surface area contributed by atoms with Gasteiger partial charge in [-0.1, -0.05) is 38.1 Å². The van der Waals surface area contributed by atoms with E-state index in [4.69, 9.17) is 0 Å². The lowest BCUT2D eigenvalue weighted by Gasteiger charge is -2.16. The van der Waals surface area contributed by atoms with E-state index in [9.17, 15) is 0 Å². The fraction of sp³-hybridized carbons (Fsp3) is 0.286. The molecule has 2 heterocycles. The summed E-state index contributed by atoms with van der Waals surface area (Å²) in [5.41, 5.74) is 5.77. The van der Waals surface area contributed by atoms with E-state index in [2.05, 4.69) is 57.6 Å². The van der Waals surface area contributed by atoms with Gasteiger partial charge in [-0.2, -0.15) is 4.98 Å². The Bertz CT molecular complexity index is 839. The number of aromatic nitrogens is 3. The summed E-state index contributed by atoms with van der Waals surface area (Å²) in [5, 5.41) is 6.80. The van der Waals surface area contributed by atoms with Gasteiger partial charge in [0.05, 0.1) is 0 Å². The second kappa shape index (κ2) is 8.43. The minimum atomic E-state index is 0.614. The number of anilines is 3. The molecule has 5 heteroatoms. The van der Waals surface area contributed by atoms with Gasteiger partial charge < -0.3 is 10.6 Å². The Morgan fingerprint density at radius 3 is 2.38 bits per heavy atom. The maximum Gasteiger partial charge on any atom is 0.225 e. The van der Waals surface area contributed by atoms with Crippen molar-refractivity contribution in [2.75, 3.05) is 10.6 Å². The van der Waals surface area contributed by atoms with Crippen molar-refractivity contribution in [2.24, 2.45) is 0 Å². The Kier molecular flexibility index (Phi) is 5.79. The van der Waals surface area contributed by atoms with Crippen LogP contribution < -0.4 is 10.6 Å². The van der Waals surface area contributed by atoms with Crippen LogP contribution in [0.1, 0.15) is 36.2 Å². The van der Waals surface area contributed by atoms with Gasteiger partial charge in [0.15, 0.2) is 0 Å².